The summed E-state index contributed by atoms with van der Waals surface area (Å²) in [7, 11) is 1.76. The van der Waals surface area contributed by atoms with Crippen LogP contribution in [0.3, 0.4) is 0 Å². The number of nitrogens with zero attached hydrogens (tertiary/aromatic N) is 2. The summed E-state index contributed by atoms with van der Waals surface area (Å²) < 4.78 is 5.41. The van der Waals surface area contributed by atoms with Gasteiger partial charge in [0.25, 0.3) is 5.91 Å². The van der Waals surface area contributed by atoms with Gasteiger partial charge in [-0.25, -0.2) is 4.98 Å². The van der Waals surface area contributed by atoms with E-state index in [1.807, 2.05) is 0 Å². The lowest BCUT2D eigenvalue weighted by atomic mass is 9.92. The maximum absolute atomic E-state index is 11.7. The first-order valence-corrected chi connectivity index (χ1v) is 9.53. The highest BCUT2D eigenvalue weighted by Crippen LogP contribution is 2.25. The van der Waals surface area contributed by atoms with Crippen LogP contribution in [0.15, 0.2) is 6.20 Å². The van der Waals surface area contributed by atoms with Gasteiger partial charge in [0.1, 0.15) is 5.82 Å². The molecule has 2 saturated carbocycles. The smallest absolute Gasteiger partial charge is 0.254 e. The fourth-order valence-corrected chi connectivity index (χ4v) is 3.82. The van der Waals surface area contributed by atoms with Gasteiger partial charge >= 0.3 is 0 Å². The number of methoxy groups -OCH3 is 1. The minimum atomic E-state index is -0.521. The van der Waals surface area contributed by atoms with Gasteiger partial charge in [0, 0.05) is 31.4 Å². The molecule has 6 N–H and O–H groups in total. The van der Waals surface area contributed by atoms with E-state index in [1.165, 1.54) is 6.20 Å². The first-order chi connectivity index (χ1) is 12.5. The number of nitrogens with one attached hydrogen (secondary N) is 2. The Bertz CT molecular complexity index is 610. The summed E-state index contributed by atoms with van der Waals surface area (Å²) in [5.74, 6) is 0.527. The molecule has 2 aliphatic carbocycles. The molecule has 0 spiro atoms. The molecule has 8 nitrogen and oxygen atoms in total. The van der Waals surface area contributed by atoms with E-state index in [9.17, 15) is 4.79 Å². The SMILES string of the molecule is COC1CCC(Nc2ncc(C(N)=O)c(N[C@H]3CC[C@H](N)CC3)n2)CC1. The number of hydrogen-bond acceptors (Lipinski definition) is 7. The first-order valence-electron chi connectivity index (χ1n) is 9.53. The monoisotopic (exact) mass is 362 g/mol. The van der Waals surface area contributed by atoms with Crippen molar-refractivity contribution in [1.29, 1.82) is 0 Å². The number of nitrogens with two attached hydrogens (primary N) is 2. The molecule has 1 amide bonds. The molecule has 1 heterocycles. The average Bonchev–Trinajstić information content (AvgIpc) is 2.64. The summed E-state index contributed by atoms with van der Waals surface area (Å²) in [6.45, 7) is 0. The highest BCUT2D eigenvalue weighted by molar-refractivity contribution is 5.97. The summed E-state index contributed by atoms with van der Waals surface area (Å²) in [5, 5.41) is 6.76. The van der Waals surface area contributed by atoms with Crippen LogP contribution >= 0.6 is 0 Å². The van der Waals surface area contributed by atoms with Crippen molar-refractivity contribution in [3.63, 3.8) is 0 Å². The van der Waals surface area contributed by atoms with Crippen molar-refractivity contribution in [1.82, 2.24) is 9.97 Å². The molecule has 2 aliphatic rings. The zero-order valence-electron chi connectivity index (χ0n) is 15.4. The molecule has 0 aromatic carbocycles. The van der Waals surface area contributed by atoms with Crippen molar-refractivity contribution >= 4 is 17.7 Å². The van der Waals surface area contributed by atoms with Gasteiger partial charge in [-0.1, -0.05) is 0 Å². The van der Waals surface area contributed by atoms with E-state index in [0.717, 1.165) is 51.4 Å². The van der Waals surface area contributed by atoms with Crippen LogP contribution in [0.2, 0.25) is 0 Å². The van der Waals surface area contributed by atoms with E-state index in [-0.39, 0.29) is 12.1 Å². The van der Waals surface area contributed by atoms with E-state index in [1.54, 1.807) is 7.11 Å². The predicted molar refractivity (Wildman–Crippen MR) is 101 cm³/mol. The van der Waals surface area contributed by atoms with Gasteiger partial charge in [0.05, 0.1) is 11.7 Å². The largest absolute Gasteiger partial charge is 0.381 e. The third-order valence-corrected chi connectivity index (χ3v) is 5.51. The molecule has 0 atom stereocenters. The highest BCUT2D eigenvalue weighted by atomic mass is 16.5. The normalized spacial score (nSPS) is 29.2. The van der Waals surface area contributed by atoms with E-state index >= 15 is 0 Å². The molecule has 8 heteroatoms. The van der Waals surface area contributed by atoms with Crippen LogP contribution in [-0.2, 0) is 4.74 Å². The van der Waals surface area contributed by atoms with Crippen molar-refractivity contribution in [2.45, 2.75) is 75.6 Å². The Balaban J connectivity index is 1.67. The molecule has 26 heavy (non-hydrogen) atoms. The summed E-state index contributed by atoms with van der Waals surface area (Å²) in [6, 6.07) is 0.850. The second-order valence-corrected chi connectivity index (χ2v) is 7.43. The predicted octanol–water partition coefficient (Wildman–Crippen LogP) is 1.63. The van der Waals surface area contributed by atoms with Crippen molar-refractivity contribution in [3.05, 3.63) is 11.8 Å². The zero-order valence-corrected chi connectivity index (χ0v) is 15.4. The number of amides is 1. The number of aromatic nitrogens is 2. The molecular weight excluding hydrogens is 332 g/mol. The Morgan fingerprint density at radius 3 is 2.31 bits per heavy atom. The molecule has 2 fully saturated rings. The zero-order chi connectivity index (χ0) is 18.5. The van der Waals surface area contributed by atoms with Gasteiger partial charge in [0.2, 0.25) is 5.95 Å². The fraction of sp³-hybridized carbons (Fsp3) is 0.722. The standard InChI is InChI=1S/C18H30N6O2/c1-26-14-8-6-13(7-9-14)23-18-21-10-15(16(20)25)17(24-18)22-12-4-2-11(19)3-5-12/h10-14H,2-9,19H2,1H3,(H2,20,25)(H2,21,22,23,24)/t11-,12-,13?,14?. The second kappa shape index (κ2) is 8.64. The molecule has 0 aliphatic heterocycles. The molecule has 0 bridgehead atoms. The number of rotatable bonds is 6. The second-order valence-electron chi connectivity index (χ2n) is 7.43. The molecule has 1 aromatic rings. The Morgan fingerprint density at radius 1 is 1.08 bits per heavy atom. The van der Waals surface area contributed by atoms with Crippen molar-refractivity contribution in [2.24, 2.45) is 11.5 Å². The number of anilines is 2. The number of ether oxygens (including phenoxy) is 1. The highest BCUT2D eigenvalue weighted by Gasteiger charge is 2.23. The number of hydrogen-bond donors (Lipinski definition) is 4. The lowest BCUT2D eigenvalue weighted by Gasteiger charge is -2.29. The van der Waals surface area contributed by atoms with Gasteiger partial charge in [0.15, 0.2) is 0 Å². The molecule has 3 rings (SSSR count). The van der Waals surface area contributed by atoms with E-state index in [0.29, 0.717) is 29.5 Å². The third kappa shape index (κ3) is 4.82. The Kier molecular flexibility index (Phi) is 6.26. The molecule has 144 valence electrons. The molecule has 0 unspecified atom stereocenters. The minimum absolute atomic E-state index is 0.257. The topological polar surface area (TPSA) is 128 Å². The summed E-state index contributed by atoms with van der Waals surface area (Å²) in [4.78, 5) is 20.6. The van der Waals surface area contributed by atoms with Gasteiger partial charge in [-0.05, 0) is 51.4 Å². The Labute approximate surface area is 154 Å². The van der Waals surface area contributed by atoms with Gasteiger partial charge in [-0.15, -0.1) is 0 Å². The lowest BCUT2D eigenvalue weighted by Crippen LogP contribution is -2.34. The fourth-order valence-electron chi connectivity index (χ4n) is 3.82. The van der Waals surface area contributed by atoms with Crippen LogP contribution in [0, 0.1) is 0 Å². The molecule has 0 saturated heterocycles. The maximum Gasteiger partial charge on any atom is 0.254 e. The van der Waals surface area contributed by atoms with E-state index in [4.69, 9.17) is 16.2 Å². The summed E-state index contributed by atoms with van der Waals surface area (Å²) in [6.07, 6.45) is 9.83. The summed E-state index contributed by atoms with van der Waals surface area (Å²) in [5.41, 5.74) is 11.8. The van der Waals surface area contributed by atoms with Crippen molar-refractivity contribution in [2.75, 3.05) is 17.7 Å². The van der Waals surface area contributed by atoms with E-state index < -0.39 is 5.91 Å². The number of carbonyl (C=O) groups excluding carboxylic acids is 1. The summed E-state index contributed by atoms with van der Waals surface area (Å²) >= 11 is 0. The Hall–Kier alpha value is -1.93. The van der Waals surface area contributed by atoms with Crippen LogP contribution in [0.25, 0.3) is 0 Å². The van der Waals surface area contributed by atoms with Gasteiger partial charge in [-0.3, -0.25) is 4.79 Å². The van der Waals surface area contributed by atoms with Crippen LogP contribution in [0.1, 0.15) is 61.7 Å². The maximum atomic E-state index is 11.7. The first kappa shape index (κ1) is 18.8. The van der Waals surface area contributed by atoms with Crippen LogP contribution in [0.5, 0.6) is 0 Å². The van der Waals surface area contributed by atoms with Gasteiger partial charge < -0.3 is 26.8 Å². The quantitative estimate of drug-likeness (QED) is 0.605. The minimum Gasteiger partial charge on any atom is -0.381 e. The Morgan fingerprint density at radius 2 is 1.69 bits per heavy atom. The van der Waals surface area contributed by atoms with Crippen molar-refractivity contribution < 1.29 is 9.53 Å². The van der Waals surface area contributed by atoms with Crippen LogP contribution in [-0.4, -0.2) is 47.2 Å². The molecular formula is C18H30N6O2. The number of primary amides is 1. The van der Waals surface area contributed by atoms with Crippen LogP contribution in [0.4, 0.5) is 11.8 Å². The van der Waals surface area contributed by atoms with Crippen LogP contribution < -0.4 is 22.1 Å². The average molecular weight is 362 g/mol. The molecule has 1 aromatic heterocycles. The number of carbonyl (C=O) groups is 1. The lowest BCUT2D eigenvalue weighted by molar-refractivity contribution is 0.0681. The molecule has 0 radical (unpaired) electrons. The third-order valence-electron chi connectivity index (χ3n) is 5.51. The van der Waals surface area contributed by atoms with Gasteiger partial charge in [-0.2, -0.15) is 4.98 Å². The van der Waals surface area contributed by atoms with E-state index in [2.05, 4.69) is 20.6 Å². The van der Waals surface area contributed by atoms with Crippen molar-refractivity contribution in [3.8, 4) is 0 Å².